The number of carbonyl (C=O) groups is 1. The van der Waals surface area contributed by atoms with Crippen LogP contribution in [0.5, 0.6) is 11.5 Å². The average Bonchev–Trinajstić information content (AvgIpc) is 2.28. The van der Waals surface area contributed by atoms with E-state index in [1.807, 2.05) is 20.8 Å². The maximum Gasteiger partial charge on any atom is 0.516 e. The summed E-state index contributed by atoms with van der Waals surface area (Å²) in [6.07, 6.45) is 0.306. The summed E-state index contributed by atoms with van der Waals surface area (Å²) in [6, 6.07) is 4.67. The quantitative estimate of drug-likeness (QED) is 0.660. The maximum absolute atomic E-state index is 12.1. The van der Waals surface area contributed by atoms with E-state index in [-0.39, 0.29) is 22.1 Å². The number of hydrogen-bond donors (Lipinski definition) is 2. The molecule has 1 rings (SSSR count). The van der Waals surface area contributed by atoms with Gasteiger partial charge in [-0.05, 0) is 38.5 Å². The molecular formula is C15H24NO4+. The van der Waals surface area contributed by atoms with Crippen LogP contribution in [0.2, 0.25) is 0 Å². The molecule has 0 bridgehead atoms. The van der Waals surface area contributed by atoms with Gasteiger partial charge >= 0.3 is 6.09 Å². The highest BCUT2D eigenvalue weighted by Crippen LogP contribution is 2.25. The largest absolute Gasteiger partial charge is 0.516 e. The molecule has 0 fully saturated rings. The van der Waals surface area contributed by atoms with Crippen LogP contribution in [-0.4, -0.2) is 47.0 Å². The number of benzene rings is 1. The van der Waals surface area contributed by atoms with Crippen LogP contribution in [0.15, 0.2) is 18.2 Å². The van der Waals surface area contributed by atoms with Gasteiger partial charge < -0.3 is 14.9 Å². The normalized spacial score (nSPS) is 12.2. The predicted molar refractivity (Wildman–Crippen MR) is 76.7 cm³/mol. The Morgan fingerprint density at radius 1 is 1.20 bits per heavy atom. The molecule has 0 saturated heterocycles. The first kappa shape index (κ1) is 16.3. The van der Waals surface area contributed by atoms with Gasteiger partial charge in [-0.1, -0.05) is 6.07 Å². The second kappa shape index (κ2) is 5.71. The summed E-state index contributed by atoms with van der Waals surface area (Å²) < 4.78 is 5.47. The van der Waals surface area contributed by atoms with Gasteiger partial charge in [0.25, 0.3) is 0 Å². The van der Waals surface area contributed by atoms with E-state index in [4.69, 9.17) is 4.74 Å². The highest BCUT2D eigenvalue weighted by atomic mass is 16.6. The Bertz CT molecular complexity index is 489. The molecule has 1 aromatic carbocycles. The summed E-state index contributed by atoms with van der Waals surface area (Å²) in [7, 11) is 3.57. The molecule has 20 heavy (non-hydrogen) atoms. The van der Waals surface area contributed by atoms with Gasteiger partial charge in [-0.25, -0.2) is 4.48 Å². The molecule has 0 saturated carbocycles. The van der Waals surface area contributed by atoms with Gasteiger partial charge in [0.1, 0.15) is 5.60 Å². The van der Waals surface area contributed by atoms with E-state index in [0.29, 0.717) is 13.0 Å². The highest BCUT2D eigenvalue weighted by molar-refractivity contribution is 5.59. The monoisotopic (exact) mass is 282 g/mol. The van der Waals surface area contributed by atoms with Crippen molar-refractivity contribution in [2.24, 2.45) is 0 Å². The van der Waals surface area contributed by atoms with Crippen LogP contribution in [0.3, 0.4) is 0 Å². The minimum atomic E-state index is -0.511. The standard InChI is InChI=1S/C15H23NO4/c1-15(2,3)20-14(19)16(4,5)9-8-11-6-7-12(17)13(18)10-11/h6-7,10H,8-9H2,1-5H3,(H-,17,18)/p+1. The second-order valence-corrected chi connectivity index (χ2v) is 6.46. The van der Waals surface area contributed by atoms with E-state index >= 15 is 0 Å². The number of phenolic OH excluding ortho intramolecular Hbond substituents is 2. The first-order chi connectivity index (χ1) is 9.01. The smallest absolute Gasteiger partial charge is 0.504 e. The molecule has 1 aromatic rings. The van der Waals surface area contributed by atoms with Crippen molar-refractivity contribution in [2.45, 2.75) is 32.8 Å². The van der Waals surface area contributed by atoms with E-state index in [1.54, 1.807) is 20.2 Å². The van der Waals surface area contributed by atoms with Gasteiger partial charge in [0.2, 0.25) is 0 Å². The van der Waals surface area contributed by atoms with Crippen LogP contribution in [0, 0.1) is 0 Å². The molecule has 0 aliphatic carbocycles. The molecule has 1 amide bonds. The third-order valence-electron chi connectivity index (χ3n) is 2.89. The van der Waals surface area contributed by atoms with Gasteiger partial charge in [-0.15, -0.1) is 0 Å². The Hall–Kier alpha value is -1.75. The van der Waals surface area contributed by atoms with E-state index < -0.39 is 5.60 Å². The van der Waals surface area contributed by atoms with Gasteiger partial charge in [0, 0.05) is 6.42 Å². The van der Waals surface area contributed by atoms with Crippen molar-refractivity contribution in [3.05, 3.63) is 23.8 Å². The number of likely N-dealkylation sites (N-methyl/N-ethyl adjacent to an activating group) is 1. The van der Waals surface area contributed by atoms with E-state index in [0.717, 1.165) is 5.56 Å². The van der Waals surface area contributed by atoms with Crippen LogP contribution in [-0.2, 0) is 11.2 Å². The number of carbonyl (C=O) groups excluding carboxylic acids is 1. The molecule has 0 atom stereocenters. The van der Waals surface area contributed by atoms with Gasteiger partial charge in [-0.2, -0.15) is 4.79 Å². The van der Waals surface area contributed by atoms with Crippen LogP contribution >= 0.6 is 0 Å². The zero-order valence-corrected chi connectivity index (χ0v) is 12.8. The van der Waals surface area contributed by atoms with Crippen molar-refractivity contribution >= 4 is 6.09 Å². The van der Waals surface area contributed by atoms with E-state index in [2.05, 4.69) is 0 Å². The zero-order valence-electron chi connectivity index (χ0n) is 12.8. The minimum absolute atomic E-state index is 0.0961. The van der Waals surface area contributed by atoms with Gasteiger partial charge in [0.05, 0.1) is 20.6 Å². The fraction of sp³-hybridized carbons (Fsp3) is 0.533. The molecule has 0 heterocycles. The highest BCUT2D eigenvalue weighted by Gasteiger charge is 2.32. The molecule has 0 radical (unpaired) electrons. The summed E-state index contributed by atoms with van der Waals surface area (Å²) in [5.74, 6) is -0.292. The number of aromatic hydroxyl groups is 2. The molecule has 0 aromatic heterocycles. The van der Waals surface area contributed by atoms with Crippen molar-refractivity contribution in [3.8, 4) is 11.5 Å². The molecule has 0 spiro atoms. The minimum Gasteiger partial charge on any atom is -0.504 e. The zero-order chi connectivity index (χ0) is 15.6. The van der Waals surface area contributed by atoms with Gasteiger partial charge in [0.15, 0.2) is 11.5 Å². The lowest BCUT2D eigenvalue weighted by Crippen LogP contribution is -2.49. The lowest BCUT2D eigenvalue weighted by atomic mass is 10.1. The SMILES string of the molecule is CC(C)(C)OC(=O)[N+](C)(C)CCc1ccc(O)c(O)c1. The second-order valence-electron chi connectivity index (χ2n) is 6.46. The van der Waals surface area contributed by atoms with Crippen molar-refractivity contribution in [1.29, 1.82) is 0 Å². The fourth-order valence-electron chi connectivity index (χ4n) is 1.61. The van der Waals surface area contributed by atoms with Crippen molar-refractivity contribution in [3.63, 3.8) is 0 Å². The Labute approximate surface area is 120 Å². The Balaban J connectivity index is 2.67. The first-order valence-corrected chi connectivity index (χ1v) is 6.59. The van der Waals surface area contributed by atoms with Crippen molar-refractivity contribution < 1.29 is 24.2 Å². The molecule has 5 nitrogen and oxygen atoms in total. The summed E-state index contributed by atoms with van der Waals surface area (Å²) in [5.41, 5.74) is 0.346. The van der Waals surface area contributed by atoms with Gasteiger partial charge in [-0.3, -0.25) is 0 Å². The van der Waals surface area contributed by atoms with Crippen LogP contribution in [0.25, 0.3) is 0 Å². The molecule has 0 aliphatic heterocycles. The first-order valence-electron chi connectivity index (χ1n) is 6.59. The summed E-state index contributed by atoms with van der Waals surface area (Å²) in [6.45, 7) is 6.05. The molecular weight excluding hydrogens is 258 g/mol. The maximum atomic E-state index is 12.1. The molecule has 112 valence electrons. The molecule has 5 heteroatoms. The number of phenols is 2. The topological polar surface area (TPSA) is 66.8 Å². The van der Waals surface area contributed by atoms with Crippen molar-refractivity contribution in [2.75, 3.05) is 20.6 Å². The number of hydrogen-bond acceptors (Lipinski definition) is 4. The molecule has 2 N–H and O–H groups in total. The molecule has 0 unspecified atom stereocenters. The van der Waals surface area contributed by atoms with E-state index in [1.165, 1.54) is 12.1 Å². The number of ether oxygens (including phenoxy) is 1. The third kappa shape index (κ3) is 4.74. The number of amides is 1. The van der Waals surface area contributed by atoms with E-state index in [9.17, 15) is 15.0 Å². The lowest BCUT2D eigenvalue weighted by molar-refractivity contribution is -0.817. The Morgan fingerprint density at radius 3 is 2.30 bits per heavy atom. The summed E-state index contributed by atoms with van der Waals surface area (Å²) >= 11 is 0. The average molecular weight is 282 g/mol. The third-order valence-corrected chi connectivity index (χ3v) is 2.89. The Kier molecular flexibility index (Phi) is 4.65. The predicted octanol–water partition coefficient (Wildman–Crippen LogP) is 2.65. The summed E-state index contributed by atoms with van der Waals surface area (Å²) in [5, 5.41) is 18.7. The number of rotatable bonds is 3. The van der Waals surface area contributed by atoms with Crippen molar-refractivity contribution in [1.82, 2.24) is 0 Å². The fourth-order valence-corrected chi connectivity index (χ4v) is 1.61. The van der Waals surface area contributed by atoms with Crippen LogP contribution in [0.1, 0.15) is 26.3 Å². The lowest BCUT2D eigenvalue weighted by Gasteiger charge is -2.29. The molecule has 0 aliphatic rings. The number of quaternary nitrogens is 1. The van der Waals surface area contributed by atoms with Crippen LogP contribution < -0.4 is 0 Å². The Morgan fingerprint density at radius 2 is 1.80 bits per heavy atom. The number of nitrogens with zero attached hydrogens (tertiary/aromatic N) is 1. The summed E-state index contributed by atoms with van der Waals surface area (Å²) in [4.78, 5) is 12.1. The van der Waals surface area contributed by atoms with Crippen LogP contribution in [0.4, 0.5) is 4.79 Å².